The first kappa shape index (κ1) is 16.7. The molecule has 0 saturated heterocycles. The fraction of sp³-hybridized carbons (Fsp3) is 0.100. The van der Waals surface area contributed by atoms with Crippen molar-refractivity contribution >= 4 is 17.1 Å². The number of para-hydroxylation sites is 3. The monoisotopic (exact) mass is 306 g/mol. The van der Waals surface area contributed by atoms with Crippen LogP contribution in [0.1, 0.15) is 6.92 Å². The highest BCUT2D eigenvalue weighted by Crippen LogP contribution is 2.33. The molecule has 0 spiro atoms. The molecule has 0 fully saturated rings. The second kappa shape index (κ2) is 8.73. The summed E-state index contributed by atoms with van der Waals surface area (Å²) in [6.45, 7) is 1.50. The van der Waals surface area contributed by atoms with Crippen LogP contribution in [0.25, 0.3) is 0 Å². The minimum absolute atomic E-state index is 0.667. The van der Waals surface area contributed by atoms with Crippen molar-refractivity contribution in [2.75, 3.05) is 4.90 Å². The van der Waals surface area contributed by atoms with Gasteiger partial charge in [-0.3, -0.25) is 0 Å². The second-order valence-electron chi connectivity index (χ2n) is 5.08. The Bertz CT molecular complexity index is 573. The number of aliphatic hydroxyl groups is 1. The van der Waals surface area contributed by atoms with E-state index in [-0.39, 0.29) is 0 Å². The molecule has 3 aromatic carbocycles. The lowest BCUT2D eigenvalue weighted by Crippen LogP contribution is -2.11. The van der Waals surface area contributed by atoms with Crippen molar-refractivity contribution < 1.29 is 5.11 Å². The SMILES string of the molecule is CC(N)O.c1ccc(N(c2ccccc2)c2ccccc2)cc1. The quantitative estimate of drug-likeness (QED) is 0.703. The summed E-state index contributed by atoms with van der Waals surface area (Å²) in [5.41, 5.74) is 8.17. The highest BCUT2D eigenvalue weighted by Gasteiger charge is 2.10. The molecular formula is C20H22N2O. The normalized spacial score (nSPS) is 11.1. The average Bonchev–Trinajstić information content (AvgIpc) is 2.58. The molecule has 0 amide bonds. The minimum Gasteiger partial charge on any atom is -0.379 e. The van der Waals surface area contributed by atoms with Gasteiger partial charge >= 0.3 is 0 Å². The zero-order valence-corrected chi connectivity index (χ0v) is 13.2. The molecule has 0 saturated carbocycles. The zero-order chi connectivity index (χ0) is 16.5. The molecule has 23 heavy (non-hydrogen) atoms. The van der Waals surface area contributed by atoms with Gasteiger partial charge in [0.25, 0.3) is 0 Å². The van der Waals surface area contributed by atoms with Gasteiger partial charge in [0.2, 0.25) is 0 Å². The van der Waals surface area contributed by atoms with Gasteiger partial charge in [-0.2, -0.15) is 0 Å². The summed E-state index contributed by atoms with van der Waals surface area (Å²) in [5.74, 6) is 0. The van der Waals surface area contributed by atoms with Gasteiger partial charge in [0.1, 0.15) is 0 Å². The molecule has 3 aromatic rings. The van der Waals surface area contributed by atoms with Crippen LogP contribution in [-0.2, 0) is 0 Å². The summed E-state index contributed by atoms with van der Waals surface area (Å²) >= 11 is 0. The molecule has 118 valence electrons. The minimum atomic E-state index is -0.667. The third-order valence-electron chi connectivity index (χ3n) is 3.04. The van der Waals surface area contributed by atoms with Gasteiger partial charge in [0.05, 0.1) is 6.23 Å². The maximum Gasteiger partial charge on any atom is 0.0991 e. The summed E-state index contributed by atoms with van der Waals surface area (Å²) in [6.07, 6.45) is -0.667. The molecule has 3 N–H and O–H groups in total. The standard InChI is InChI=1S/C18H15N.C2H7NO/c1-4-10-16(11-5-1)19(17-12-6-2-7-13-17)18-14-8-3-9-15-18;1-2(3)4/h1-15H;2,4H,3H2,1H3. The Labute approximate surface area is 137 Å². The van der Waals surface area contributed by atoms with Gasteiger partial charge in [-0.15, -0.1) is 0 Å². The Balaban J connectivity index is 0.000000433. The highest BCUT2D eigenvalue weighted by molar-refractivity contribution is 5.76. The lowest BCUT2D eigenvalue weighted by atomic mass is 10.2. The Hall–Kier alpha value is -2.62. The Morgan fingerprint density at radius 3 is 1.09 bits per heavy atom. The summed E-state index contributed by atoms with van der Waals surface area (Å²) < 4.78 is 0. The summed E-state index contributed by atoms with van der Waals surface area (Å²) in [5, 5.41) is 7.83. The second-order valence-corrected chi connectivity index (χ2v) is 5.08. The van der Waals surface area contributed by atoms with E-state index in [2.05, 4.69) is 83.4 Å². The van der Waals surface area contributed by atoms with E-state index in [4.69, 9.17) is 5.11 Å². The van der Waals surface area contributed by atoms with Crippen LogP contribution in [0.4, 0.5) is 17.1 Å². The van der Waals surface area contributed by atoms with Gasteiger partial charge in [-0.1, -0.05) is 54.6 Å². The number of benzene rings is 3. The van der Waals surface area contributed by atoms with E-state index >= 15 is 0 Å². The molecule has 1 atom stereocenters. The van der Waals surface area contributed by atoms with Crippen molar-refractivity contribution in [3.05, 3.63) is 91.0 Å². The molecule has 0 radical (unpaired) electrons. The van der Waals surface area contributed by atoms with E-state index in [0.717, 1.165) is 0 Å². The van der Waals surface area contributed by atoms with Gasteiger partial charge < -0.3 is 15.7 Å². The lowest BCUT2D eigenvalue weighted by molar-refractivity contribution is 0.203. The predicted molar refractivity (Wildman–Crippen MR) is 97.0 cm³/mol. The largest absolute Gasteiger partial charge is 0.379 e. The molecule has 0 aliphatic heterocycles. The molecule has 0 aliphatic carbocycles. The fourth-order valence-corrected chi connectivity index (χ4v) is 2.18. The molecule has 0 bridgehead atoms. The van der Waals surface area contributed by atoms with E-state index < -0.39 is 6.23 Å². The van der Waals surface area contributed by atoms with Crippen molar-refractivity contribution in [3.63, 3.8) is 0 Å². The average molecular weight is 306 g/mol. The van der Waals surface area contributed by atoms with Gasteiger partial charge in [0.15, 0.2) is 0 Å². The summed E-state index contributed by atoms with van der Waals surface area (Å²) in [4.78, 5) is 2.25. The first-order valence-electron chi connectivity index (χ1n) is 7.57. The third-order valence-corrected chi connectivity index (χ3v) is 3.04. The van der Waals surface area contributed by atoms with Crippen LogP contribution in [0.3, 0.4) is 0 Å². The van der Waals surface area contributed by atoms with E-state index in [9.17, 15) is 0 Å². The molecular weight excluding hydrogens is 284 g/mol. The lowest BCUT2D eigenvalue weighted by Gasteiger charge is -2.25. The van der Waals surface area contributed by atoms with Gasteiger partial charge in [0, 0.05) is 17.1 Å². The van der Waals surface area contributed by atoms with Crippen LogP contribution < -0.4 is 10.6 Å². The maximum absolute atomic E-state index is 7.83. The zero-order valence-electron chi connectivity index (χ0n) is 13.2. The van der Waals surface area contributed by atoms with Crippen molar-refractivity contribution in [2.45, 2.75) is 13.2 Å². The van der Waals surface area contributed by atoms with Crippen LogP contribution in [-0.4, -0.2) is 11.3 Å². The number of hydrogen-bond acceptors (Lipinski definition) is 3. The van der Waals surface area contributed by atoms with E-state index in [1.807, 2.05) is 18.2 Å². The Morgan fingerprint density at radius 1 is 0.652 bits per heavy atom. The number of aliphatic hydroxyl groups excluding tert-OH is 1. The molecule has 0 heterocycles. The number of nitrogens with zero attached hydrogens (tertiary/aromatic N) is 1. The van der Waals surface area contributed by atoms with E-state index in [1.54, 1.807) is 0 Å². The van der Waals surface area contributed by atoms with Gasteiger partial charge in [-0.25, -0.2) is 0 Å². The van der Waals surface area contributed by atoms with Crippen LogP contribution >= 0.6 is 0 Å². The van der Waals surface area contributed by atoms with Crippen LogP contribution in [0.5, 0.6) is 0 Å². The van der Waals surface area contributed by atoms with Crippen LogP contribution in [0.2, 0.25) is 0 Å². The third kappa shape index (κ3) is 5.25. The van der Waals surface area contributed by atoms with E-state index in [0.29, 0.717) is 0 Å². The number of rotatable bonds is 3. The fourth-order valence-electron chi connectivity index (χ4n) is 2.18. The maximum atomic E-state index is 7.83. The van der Waals surface area contributed by atoms with Crippen molar-refractivity contribution in [1.29, 1.82) is 0 Å². The van der Waals surface area contributed by atoms with Gasteiger partial charge in [-0.05, 0) is 43.3 Å². The summed E-state index contributed by atoms with van der Waals surface area (Å²) in [6, 6.07) is 31.3. The first-order chi connectivity index (χ1) is 11.2. The molecule has 0 aromatic heterocycles. The van der Waals surface area contributed by atoms with Crippen molar-refractivity contribution in [3.8, 4) is 0 Å². The number of anilines is 3. The van der Waals surface area contributed by atoms with Crippen molar-refractivity contribution in [1.82, 2.24) is 0 Å². The predicted octanol–water partition coefficient (Wildman–Crippen LogP) is 4.44. The van der Waals surface area contributed by atoms with Crippen LogP contribution in [0, 0.1) is 0 Å². The van der Waals surface area contributed by atoms with E-state index in [1.165, 1.54) is 24.0 Å². The smallest absolute Gasteiger partial charge is 0.0991 e. The molecule has 0 aliphatic rings. The van der Waals surface area contributed by atoms with Crippen molar-refractivity contribution in [2.24, 2.45) is 5.73 Å². The first-order valence-corrected chi connectivity index (χ1v) is 7.57. The Morgan fingerprint density at radius 2 is 0.870 bits per heavy atom. The molecule has 3 rings (SSSR count). The topological polar surface area (TPSA) is 49.5 Å². The summed E-state index contributed by atoms with van der Waals surface area (Å²) in [7, 11) is 0. The molecule has 3 nitrogen and oxygen atoms in total. The number of nitrogens with two attached hydrogens (primary N) is 1. The number of hydrogen-bond donors (Lipinski definition) is 2. The molecule has 3 heteroatoms. The molecule has 1 unspecified atom stereocenters. The Kier molecular flexibility index (Phi) is 6.36. The highest BCUT2D eigenvalue weighted by atomic mass is 16.3. The van der Waals surface area contributed by atoms with Crippen LogP contribution in [0.15, 0.2) is 91.0 Å².